The summed E-state index contributed by atoms with van der Waals surface area (Å²) in [5.41, 5.74) is -0.371. The second-order valence-corrected chi connectivity index (χ2v) is 8.13. The topological polar surface area (TPSA) is 89.5 Å². The number of hydrogen-bond acceptors (Lipinski definition) is 6. The van der Waals surface area contributed by atoms with Crippen LogP contribution in [-0.4, -0.2) is 38.8 Å². The lowest BCUT2D eigenvalue weighted by Gasteiger charge is -2.12. The van der Waals surface area contributed by atoms with Gasteiger partial charge in [-0.05, 0) is 29.8 Å². The Morgan fingerprint density at radius 3 is 2.39 bits per heavy atom. The second-order valence-electron chi connectivity index (χ2n) is 7.70. The fraction of sp³-hybridized carbons (Fsp3) is 0.261. The van der Waals surface area contributed by atoms with E-state index in [4.69, 9.17) is 21.1 Å². The molecule has 2 aromatic heterocycles. The van der Waals surface area contributed by atoms with Gasteiger partial charge in [0.25, 0.3) is 5.56 Å². The van der Waals surface area contributed by atoms with Gasteiger partial charge < -0.3 is 14.2 Å². The molecule has 4 rings (SSSR count). The van der Waals surface area contributed by atoms with E-state index in [0.29, 0.717) is 5.02 Å². The van der Waals surface area contributed by atoms with E-state index < -0.39 is 23.4 Å². The molecule has 190 valence electrons. The molecule has 2 heterocycles. The van der Waals surface area contributed by atoms with Gasteiger partial charge in [0.15, 0.2) is 11.2 Å². The van der Waals surface area contributed by atoms with Gasteiger partial charge in [-0.3, -0.25) is 18.5 Å². The number of aromatic nitrogens is 4. The van der Waals surface area contributed by atoms with E-state index in [1.54, 1.807) is 24.3 Å². The molecule has 0 fully saturated rings. The average molecular weight is 525 g/mol. The largest absolute Gasteiger partial charge is 0.573 e. The molecule has 0 bridgehead atoms. The molecule has 4 aromatic rings. The molecule has 0 saturated heterocycles. The van der Waals surface area contributed by atoms with Crippen LogP contribution in [0.4, 0.5) is 13.2 Å². The molecule has 9 nitrogen and oxygen atoms in total. The molecule has 0 saturated carbocycles. The maximum atomic E-state index is 13.2. The van der Waals surface area contributed by atoms with Gasteiger partial charge in [0.1, 0.15) is 11.5 Å². The summed E-state index contributed by atoms with van der Waals surface area (Å²) in [7, 11) is 2.80. The van der Waals surface area contributed by atoms with Crippen molar-refractivity contribution in [2.24, 2.45) is 7.05 Å². The SMILES string of the molecule is COCCn1c(=O)n(C)c(=O)c2c1nc(Oc1cccc(OC(F)(F)F)c1)n2Cc1ccc(Cl)cc1. The number of ether oxygens (including phenoxy) is 3. The van der Waals surface area contributed by atoms with Crippen molar-refractivity contribution in [3.63, 3.8) is 0 Å². The second kappa shape index (κ2) is 10.1. The molecule has 0 amide bonds. The Morgan fingerprint density at radius 2 is 1.72 bits per heavy atom. The van der Waals surface area contributed by atoms with Crippen molar-refractivity contribution in [3.05, 3.63) is 80.0 Å². The van der Waals surface area contributed by atoms with Crippen LogP contribution in [0.2, 0.25) is 5.02 Å². The van der Waals surface area contributed by atoms with Crippen molar-refractivity contribution in [2.45, 2.75) is 19.5 Å². The molecule has 0 atom stereocenters. The van der Waals surface area contributed by atoms with Crippen LogP contribution in [0.1, 0.15) is 5.56 Å². The average Bonchev–Trinajstić information content (AvgIpc) is 3.15. The fourth-order valence-electron chi connectivity index (χ4n) is 3.56. The van der Waals surface area contributed by atoms with Crippen LogP contribution in [0.3, 0.4) is 0 Å². The number of fused-ring (bicyclic) bond motifs is 1. The number of methoxy groups -OCH3 is 1. The minimum atomic E-state index is -4.88. The summed E-state index contributed by atoms with van der Waals surface area (Å²) in [6, 6.07) is 11.6. The standard InChI is InChI=1S/C23H20ClF3N4O5/c1-29-20(32)18-19(30(22(29)33)10-11-34-2)28-21(31(18)13-14-6-8-15(24)9-7-14)35-16-4-3-5-17(12-16)36-23(25,26)27/h3-9,12H,10-11,13H2,1-2H3. The molecule has 36 heavy (non-hydrogen) atoms. The molecular formula is C23H20ClF3N4O5. The number of rotatable bonds is 8. The van der Waals surface area contributed by atoms with Crippen LogP contribution in [0.25, 0.3) is 11.2 Å². The van der Waals surface area contributed by atoms with E-state index in [-0.39, 0.29) is 42.6 Å². The molecule has 0 unspecified atom stereocenters. The van der Waals surface area contributed by atoms with Crippen molar-refractivity contribution >= 4 is 22.8 Å². The maximum Gasteiger partial charge on any atom is 0.573 e. The molecule has 0 N–H and O–H groups in total. The lowest BCUT2D eigenvalue weighted by atomic mass is 10.2. The Morgan fingerprint density at radius 1 is 1.03 bits per heavy atom. The van der Waals surface area contributed by atoms with Crippen LogP contribution in [0.15, 0.2) is 58.1 Å². The lowest BCUT2D eigenvalue weighted by Crippen LogP contribution is -2.39. The minimum absolute atomic E-state index is 0.0213. The molecular weight excluding hydrogens is 505 g/mol. The number of halogens is 4. The first-order chi connectivity index (χ1) is 17.1. The van der Waals surface area contributed by atoms with Gasteiger partial charge >= 0.3 is 18.1 Å². The predicted octanol–water partition coefficient (Wildman–Crippen LogP) is 3.94. The van der Waals surface area contributed by atoms with Crippen LogP contribution < -0.4 is 20.7 Å². The van der Waals surface area contributed by atoms with Gasteiger partial charge in [0.05, 0.1) is 19.7 Å². The first-order valence-electron chi connectivity index (χ1n) is 10.5. The predicted molar refractivity (Wildman–Crippen MR) is 125 cm³/mol. The summed E-state index contributed by atoms with van der Waals surface area (Å²) in [5, 5.41) is 0.511. The Bertz CT molecular complexity index is 1510. The highest BCUT2D eigenvalue weighted by molar-refractivity contribution is 6.30. The normalized spacial score (nSPS) is 11.7. The van der Waals surface area contributed by atoms with Crippen molar-refractivity contribution in [1.82, 2.24) is 18.7 Å². The summed E-state index contributed by atoms with van der Waals surface area (Å²) in [4.78, 5) is 30.3. The van der Waals surface area contributed by atoms with Crippen LogP contribution in [0, 0.1) is 0 Å². The molecule has 0 aliphatic carbocycles. The smallest absolute Gasteiger partial charge is 0.425 e. The van der Waals surface area contributed by atoms with Crippen molar-refractivity contribution in [2.75, 3.05) is 13.7 Å². The van der Waals surface area contributed by atoms with Crippen LogP contribution in [-0.2, 0) is 24.9 Å². The zero-order valence-corrected chi connectivity index (χ0v) is 19.8. The quantitative estimate of drug-likeness (QED) is 0.347. The van der Waals surface area contributed by atoms with E-state index in [2.05, 4.69) is 9.72 Å². The van der Waals surface area contributed by atoms with E-state index in [1.807, 2.05) is 0 Å². The van der Waals surface area contributed by atoms with Crippen molar-refractivity contribution < 1.29 is 27.4 Å². The Balaban J connectivity index is 1.88. The van der Waals surface area contributed by atoms with Gasteiger partial charge in [-0.15, -0.1) is 13.2 Å². The summed E-state index contributed by atoms with van der Waals surface area (Å²) in [6.07, 6.45) is -4.88. The molecule has 0 radical (unpaired) electrons. The third-order valence-corrected chi connectivity index (χ3v) is 5.47. The van der Waals surface area contributed by atoms with Gasteiger partial charge in [-0.1, -0.05) is 29.8 Å². The van der Waals surface area contributed by atoms with E-state index in [1.165, 1.54) is 35.4 Å². The van der Waals surface area contributed by atoms with Crippen molar-refractivity contribution in [3.8, 4) is 17.5 Å². The zero-order valence-electron chi connectivity index (χ0n) is 19.1. The zero-order chi connectivity index (χ0) is 26.0. The van der Waals surface area contributed by atoms with Gasteiger partial charge in [-0.2, -0.15) is 4.98 Å². The first-order valence-corrected chi connectivity index (χ1v) is 10.9. The molecule has 13 heteroatoms. The number of hydrogen-bond donors (Lipinski definition) is 0. The summed E-state index contributed by atoms with van der Waals surface area (Å²) >= 11 is 5.98. The third kappa shape index (κ3) is 5.39. The third-order valence-electron chi connectivity index (χ3n) is 5.22. The Hall–Kier alpha value is -3.77. The molecule has 2 aromatic carbocycles. The summed E-state index contributed by atoms with van der Waals surface area (Å²) in [5.74, 6) is -0.514. The van der Waals surface area contributed by atoms with E-state index >= 15 is 0 Å². The molecule has 0 aliphatic rings. The number of benzene rings is 2. The van der Waals surface area contributed by atoms with Gasteiger partial charge in [0, 0.05) is 25.2 Å². The number of imidazole rings is 1. The number of alkyl halides is 3. The highest BCUT2D eigenvalue weighted by atomic mass is 35.5. The summed E-state index contributed by atoms with van der Waals surface area (Å²) < 4.78 is 56.5. The highest BCUT2D eigenvalue weighted by Crippen LogP contribution is 2.30. The van der Waals surface area contributed by atoms with E-state index in [0.717, 1.165) is 22.3 Å². The first kappa shape index (κ1) is 25.3. The number of nitrogens with zero attached hydrogens (tertiary/aromatic N) is 4. The minimum Gasteiger partial charge on any atom is -0.425 e. The van der Waals surface area contributed by atoms with Gasteiger partial charge in [0.2, 0.25) is 0 Å². The lowest BCUT2D eigenvalue weighted by molar-refractivity contribution is -0.274. The monoisotopic (exact) mass is 524 g/mol. The molecule has 0 aliphatic heterocycles. The van der Waals surface area contributed by atoms with Gasteiger partial charge in [-0.25, -0.2) is 4.79 Å². The van der Waals surface area contributed by atoms with Crippen LogP contribution >= 0.6 is 11.6 Å². The fourth-order valence-corrected chi connectivity index (χ4v) is 3.68. The van der Waals surface area contributed by atoms with Crippen molar-refractivity contribution in [1.29, 1.82) is 0 Å². The Labute approximate surface area is 206 Å². The molecule has 0 spiro atoms. The van der Waals surface area contributed by atoms with Crippen LogP contribution in [0.5, 0.6) is 17.5 Å². The highest BCUT2D eigenvalue weighted by Gasteiger charge is 2.31. The summed E-state index contributed by atoms with van der Waals surface area (Å²) in [6.45, 7) is 0.371. The van der Waals surface area contributed by atoms with E-state index in [9.17, 15) is 22.8 Å². The maximum absolute atomic E-state index is 13.2. The Kier molecular flexibility index (Phi) is 7.09.